The maximum absolute atomic E-state index is 10.9. The highest BCUT2D eigenvalue weighted by Crippen LogP contribution is 2.28. The third-order valence-electron chi connectivity index (χ3n) is 4.83. The molecular weight excluding hydrogens is 424 g/mol. The molecule has 1 fully saturated rings. The fourth-order valence-electron chi connectivity index (χ4n) is 3.34. The first-order chi connectivity index (χ1) is 14.5. The minimum atomic E-state index is -1.07. The van der Waals surface area contributed by atoms with Crippen LogP contribution in [0, 0.1) is 6.92 Å². The van der Waals surface area contributed by atoms with Crippen LogP contribution in [0.1, 0.15) is 22.0 Å². The Morgan fingerprint density at radius 1 is 1.13 bits per heavy atom. The molecule has 0 amide bonds. The Kier molecular flexibility index (Phi) is 6.15. The van der Waals surface area contributed by atoms with E-state index >= 15 is 0 Å². The number of rotatable bonds is 6. The lowest BCUT2D eigenvalue weighted by Crippen LogP contribution is -2.47. The average molecular weight is 445 g/mol. The molecule has 0 aliphatic carbocycles. The smallest absolute Gasteiger partial charge is 0.371 e. The molecule has 1 saturated heterocycles. The van der Waals surface area contributed by atoms with Crippen molar-refractivity contribution in [2.45, 2.75) is 17.8 Å². The number of nitrogens with zero attached hydrogens (tertiary/aromatic N) is 4. The van der Waals surface area contributed by atoms with Gasteiger partial charge in [-0.05, 0) is 31.2 Å². The lowest BCUT2D eigenvalue weighted by molar-refractivity contribution is 0.0661. The number of furan rings is 1. The second-order valence-corrected chi connectivity index (χ2v) is 8.29. The molecule has 0 spiro atoms. The van der Waals surface area contributed by atoms with E-state index in [1.165, 1.54) is 17.8 Å². The Hall–Kier alpha value is -2.71. The molecule has 3 heterocycles. The molecule has 0 radical (unpaired) electrons. The van der Waals surface area contributed by atoms with Gasteiger partial charge in [0.15, 0.2) is 5.16 Å². The fourth-order valence-corrected chi connectivity index (χ4v) is 4.39. The first-order valence-corrected chi connectivity index (χ1v) is 10.9. The molecule has 3 aromatic rings. The number of hydrogen-bond donors (Lipinski definition) is 1. The Morgan fingerprint density at radius 2 is 1.87 bits per heavy atom. The summed E-state index contributed by atoms with van der Waals surface area (Å²) in [5.74, 6) is 0.812. The van der Waals surface area contributed by atoms with Gasteiger partial charge >= 0.3 is 5.97 Å². The Labute approximate surface area is 183 Å². The molecule has 30 heavy (non-hydrogen) atoms. The van der Waals surface area contributed by atoms with Crippen LogP contribution in [0.4, 0.5) is 11.5 Å². The monoisotopic (exact) mass is 444 g/mol. The van der Waals surface area contributed by atoms with E-state index in [0.29, 0.717) is 16.7 Å². The summed E-state index contributed by atoms with van der Waals surface area (Å²) in [7, 11) is 0. The number of carboxylic acids is 1. The van der Waals surface area contributed by atoms with Crippen molar-refractivity contribution in [1.29, 1.82) is 0 Å². The van der Waals surface area contributed by atoms with E-state index in [-0.39, 0.29) is 5.76 Å². The van der Waals surface area contributed by atoms with Crippen LogP contribution >= 0.6 is 23.4 Å². The summed E-state index contributed by atoms with van der Waals surface area (Å²) in [6.45, 7) is 5.35. The SMILES string of the molecule is Cc1cc(N2CCN(c3ccccc3Cl)CC2)nc(SCc2ccc(C(=O)O)o2)n1. The summed E-state index contributed by atoms with van der Waals surface area (Å²) < 4.78 is 5.30. The van der Waals surface area contributed by atoms with Crippen molar-refractivity contribution in [1.82, 2.24) is 9.97 Å². The maximum atomic E-state index is 10.9. The zero-order chi connectivity index (χ0) is 21.1. The molecule has 1 aromatic carbocycles. The zero-order valence-electron chi connectivity index (χ0n) is 16.4. The van der Waals surface area contributed by atoms with Gasteiger partial charge in [-0.3, -0.25) is 0 Å². The highest BCUT2D eigenvalue weighted by atomic mass is 35.5. The van der Waals surface area contributed by atoms with Crippen LogP contribution in [0.15, 0.2) is 52.0 Å². The predicted molar refractivity (Wildman–Crippen MR) is 118 cm³/mol. The molecule has 2 aromatic heterocycles. The Morgan fingerprint density at radius 3 is 2.57 bits per heavy atom. The number of aromatic carboxylic acids is 1. The molecule has 0 atom stereocenters. The van der Waals surface area contributed by atoms with Crippen LogP contribution in [-0.2, 0) is 5.75 Å². The van der Waals surface area contributed by atoms with E-state index in [1.807, 2.05) is 37.3 Å². The van der Waals surface area contributed by atoms with Gasteiger partial charge in [-0.2, -0.15) is 0 Å². The Balaban J connectivity index is 1.41. The van der Waals surface area contributed by atoms with Gasteiger partial charge in [-0.1, -0.05) is 35.5 Å². The third kappa shape index (κ3) is 4.71. The van der Waals surface area contributed by atoms with Gasteiger partial charge in [-0.15, -0.1) is 0 Å². The van der Waals surface area contributed by atoms with Crippen LogP contribution in [0.5, 0.6) is 0 Å². The highest BCUT2D eigenvalue weighted by molar-refractivity contribution is 7.98. The van der Waals surface area contributed by atoms with Crippen molar-refractivity contribution >= 4 is 40.8 Å². The summed E-state index contributed by atoms with van der Waals surface area (Å²) in [6.07, 6.45) is 0. The van der Waals surface area contributed by atoms with Gasteiger partial charge in [0.05, 0.1) is 16.5 Å². The van der Waals surface area contributed by atoms with Crippen LogP contribution < -0.4 is 9.80 Å². The summed E-state index contributed by atoms with van der Waals surface area (Å²) in [4.78, 5) is 24.7. The number of piperazine rings is 1. The number of anilines is 2. The molecule has 9 heteroatoms. The number of para-hydroxylation sites is 1. The maximum Gasteiger partial charge on any atom is 0.371 e. The number of aromatic nitrogens is 2. The third-order valence-corrected chi connectivity index (χ3v) is 6.02. The molecule has 0 bridgehead atoms. The fraction of sp³-hybridized carbons (Fsp3) is 0.286. The number of hydrogen-bond acceptors (Lipinski definition) is 7. The molecule has 4 rings (SSSR count). The van der Waals surface area contributed by atoms with E-state index in [1.54, 1.807) is 6.07 Å². The number of benzene rings is 1. The molecule has 1 N–H and O–H groups in total. The lowest BCUT2D eigenvalue weighted by atomic mass is 10.2. The van der Waals surface area contributed by atoms with E-state index < -0.39 is 5.97 Å². The minimum absolute atomic E-state index is 0.0622. The van der Waals surface area contributed by atoms with Gasteiger partial charge in [0.2, 0.25) is 5.76 Å². The van der Waals surface area contributed by atoms with Gasteiger partial charge < -0.3 is 19.3 Å². The first-order valence-electron chi connectivity index (χ1n) is 9.54. The summed E-state index contributed by atoms with van der Waals surface area (Å²) in [5.41, 5.74) is 1.95. The highest BCUT2D eigenvalue weighted by Gasteiger charge is 2.20. The second-order valence-electron chi connectivity index (χ2n) is 6.94. The van der Waals surface area contributed by atoms with Crippen molar-refractivity contribution in [3.63, 3.8) is 0 Å². The molecule has 1 aliphatic heterocycles. The van der Waals surface area contributed by atoms with E-state index in [0.717, 1.165) is 48.4 Å². The number of halogens is 1. The van der Waals surface area contributed by atoms with Crippen molar-refractivity contribution < 1.29 is 14.3 Å². The number of carboxylic acid groups (broad SMARTS) is 1. The number of thioether (sulfide) groups is 1. The van der Waals surface area contributed by atoms with Gasteiger partial charge in [-0.25, -0.2) is 14.8 Å². The molecule has 0 saturated carbocycles. The standard InChI is InChI=1S/C21H21ClN4O3S/c1-14-12-19(24-21(23-14)30-13-15-6-7-18(29-15)20(27)28)26-10-8-25(9-11-26)17-5-3-2-4-16(17)22/h2-7,12H,8-11,13H2,1H3,(H,27,28). The minimum Gasteiger partial charge on any atom is -0.475 e. The van der Waals surface area contributed by atoms with Gasteiger partial charge in [0, 0.05) is 37.9 Å². The Bertz CT molecular complexity index is 1050. The molecular formula is C21H21ClN4O3S. The number of aryl methyl sites for hydroxylation is 1. The van der Waals surface area contributed by atoms with Crippen molar-refractivity contribution in [2.75, 3.05) is 36.0 Å². The largest absolute Gasteiger partial charge is 0.475 e. The van der Waals surface area contributed by atoms with E-state index in [4.69, 9.17) is 26.1 Å². The summed E-state index contributed by atoms with van der Waals surface area (Å²) in [5, 5.41) is 10.4. The van der Waals surface area contributed by atoms with Crippen LogP contribution in [0.3, 0.4) is 0 Å². The van der Waals surface area contributed by atoms with Crippen molar-refractivity contribution in [3.05, 3.63) is 64.7 Å². The summed E-state index contributed by atoms with van der Waals surface area (Å²) >= 11 is 7.76. The first kappa shape index (κ1) is 20.6. The second kappa shape index (κ2) is 8.97. The quantitative estimate of drug-likeness (QED) is 0.444. The molecule has 1 aliphatic rings. The van der Waals surface area contributed by atoms with Crippen LogP contribution in [0.25, 0.3) is 0 Å². The molecule has 156 valence electrons. The normalized spacial score (nSPS) is 14.2. The predicted octanol–water partition coefficient (Wildman–Crippen LogP) is 4.35. The van der Waals surface area contributed by atoms with Crippen molar-refractivity contribution in [2.24, 2.45) is 0 Å². The van der Waals surface area contributed by atoms with Gasteiger partial charge in [0.25, 0.3) is 0 Å². The molecule has 0 unspecified atom stereocenters. The van der Waals surface area contributed by atoms with Crippen LogP contribution in [-0.4, -0.2) is 47.2 Å². The topological polar surface area (TPSA) is 82.7 Å². The van der Waals surface area contributed by atoms with Crippen molar-refractivity contribution in [3.8, 4) is 0 Å². The van der Waals surface area contributed by atoms with Gasteiger partial charge in [0.1, 0.15) is 11.6 Å². The van der Waals surface area contributed by atoms with E-state index in [2.05, 4.69) is 14.8 Å². The number of carbonyl (C=O) groups is 1. The molecule has 7 nitrogen and oxygen atoms in total. The lowest BCUT2D eigenvalue weighted by Gasteiger charge is -2.37. The summed E-state index contributed by atoms with van der Waals surface area (Å²) in [6, 6.07) is 13.0. The van der Waals surface area contributed by atoms with Crippen LogP contribution in [0.2, 0.25) is 5.02 Å². The average Bonchev–Trinajstić information content (AvgIpc) is 3.22. The zero-order valence-corrected chi connectivity index (χ0v) is 18.0. The van der Waals surface area contributed by atoms with E-state index in [9.17, 15) is 4.79 Å².